The van der Waals surface area contributed by atoms with E-state index < -0.39 is 0 Å². The highest BCUT2D eigenvalue weighted by Crippen LogP contribution is 2.34. The van der Waals surface area contributed by atoms with E-state index in [1.807, 2.05) is 0 Å². The summed E-state index contributed by atoms with van der Waals surface area (Å²) in [6.07, 6.45) is 6.68. The zero-order valence-corrected chi connectivity index (χ0v) is 10.4. The Hall–Kier alpha value is -0.340. The molecule has 0 amide bonds. The van der Waals surface area contributed by atoms with Crippen LogP contribution in [-0.4, -0.2) is 6.04 Å². The third kappa shape index (κ3) is 1.85. The molecular weight excluding hydrogens is 250 g/mol. The zero-order chi connectivity index (χ0) is 10.3. The molecule has 1 saturated carbocycles. The van der Waals surface area contributed by atoms with E-state index in [1.54, 1.807) is 0 Å². The lowest BCUT2D eigenvalue weighted by Crippen LogP contribution is -2.37. The molecule has 15 heavy (non-hydrogen) atoms. The molecular formula is C13H16BrN. The molecule has 3 rings (SSSR count). The number of nitrogens with one attached hydrogen (secondary N) is 1. The standard InChI is InChI=1S/C13H16BrN/c14-10-5-6-12-9(8-10)4-7-13(12)15-11-2-1-3-11/h5-6,8,11,13,15H,1-4,7H2. The lowest BCUT2D eigenvalue weighted by Gasteiger charge is -2.30. The Bertz CT molecular complexity index is 371. The van der Waals surface area contributed by atoms with E-state index >= 15 is 0 Å². The summed E-state index contributed by atoms with van der Waals surface area (Å²) < 4.78 is 1.21. The average molecular weight is 266 g/mol. The van der Waals surface area contributed by atoms with Gasteiger partial charge in [0.05, 0.1) is 0 Å². The summed E-state index contributed by atoms with van der Waals surface area (Å²) in [7, 11) is 0. The van der Waals surface area contributed by atoms with Crippen LogP contribution in [0, 0.1) is 0 Å². The average Bonchev–Trinajstić information content (AvgIpc) is 2.54. The molecule has 0 bridgehead atoms. The highest BCUT2D eigenvalue weighted by atomic mass is 79.9. The summed E-state index contributed by atoms with van der Waals surface area (Å²) in [5, 5.41) is 3.78. The molecule has 0 spiro atoms. The fourth-order valence-electron chi connectivity index (χ4n) is 2.62. The summed E-state index contributed by atoms with van der Waals surface area (Å²) in [6.45, 7) is 0. The first-order valence-corrected chi connectivity index (χ1v) is 6.66. The second kappa shape index (κ2) is 3.91. The third-order valence-electron chi connectivity index (χ3n) is 3.72. The zero-order valence-electron chi connectivity index (χ0n) is 8.80. The van der Waals surface area contributed by atoms with Gasteiger partial charge < -0.3 is 5.32 Å². The highest BCUT2D eigenvalue weighted by Gasteiger charge is 2.26. The monoisotopic (exact) mass is 265 g/mol. The quantitative estimate of drug-likeness (QED) is 0.862. The summed E-state index contributed by atoms with van der Waals surface area (Å²) in [5.74, 6) is 0. The van der Waals surface area contributed by atoms with Crippen LogP contribution in [0.1, 0.15) is 42.9 Å². The van der Waals surface area contributed by atoms with Crippen LogP contribution in [0.3, 0.4) is 0 Å². The maximum Gasteiger partial charge on any atom is 0.0328 e. The summed E-state index contributed by atoms with van der Waals surface area (Å²) in [5.41, 5.74) is 3.06. The van der Waals surface area contributed by atoms with Gasteiger partial charge in [-0.05, 0) is 48.9 Å². The minimum atomic E-state index is 0.624. The minimum absolute atomic E-state index is 0.624. The Balaban J connectivity index is 1.78. The van der Waals surface area contributed by atoms with E-state index in [1.165, 1.54) is 47.7 Å². The Morgan fingerprint density at radius 3 is 2.80 bits per heavy atom. The lowest BCUT2D eigenvalue weighted by atomic mass is 9.92. The largest absolute Gasteiger partial charge is 0.307 e. The van der Waals surface area contributed by atoms with E-state index in [0.29, 0.717) is 6.04 Å². The smallest absolute Gasteiger partial charge is 0.0328 e. The topological polar surface area (TPSA) is 12.0 Å². The van der Waals surface area contributed by atoms with Gasteiger partial charge in [-0.1, -0.05) is 28.4 Å². The van der Waals surface area contributed by atoms with Gasteiger partial charge in [0.2, 0.25) is 0 Å². The Labute approximate surface area is 99.4 Å². The molecule has 2 heteroatoms. The van der Waals surface area contributed by atoms with Crippen LogP contribution in [0.5, 0.6) is 0 Å². The maximum atomic E-state index is 3.78. The van der Waals surface area contributed by atoms with Crippen LogP contribution in [0.4, 0.5) is 0 Å². The number of halogens is 1. The van der Waals surface area contributed by atoms with Crippen molar-refractivity contribution >= 4 is 15.9 Å². The predicted molar refractivity (Wildman–Crippen MR) is 66.0 cm³/mol. The molecule has 1 atom stereocenters. The molecule has 1 unspecified atom stereocenters. The summed E-state index contributed by atoms with van der Waals surface area (Å²) >= 11 is 3.54. The van der Waals surface area contributed by atoms with E-state index in [4.69, 9.17) is 0 Å². The first-order chi connectivity index (χ1) is 7.33. The van der Waals surface area contributed by atoms with Gasteiger partial charge in [0.25, 0.3) is 0 Å². The van der Waals surface area contributed by atoms with Crippen molar-refractivity contribution in [2.24, 2.45) is 0 Å². The Kier molecular flexibility index (Phi) is 2.57. The van der Waals surface area contributed by atoms with Gasteiger partial charge in [-0.15, -0.1) is 0 Å². The van der Waals surface area contributed by atoms with E-state index in [-0.39, 0.29) is 0 Å². The van der Waals surface area contributed by atoms with Crippen molar-refractivity contribution in [1.82, 2.24) is 5.32 Å². The van der Waals surface area contributed by atoms with Crippen LogP contribution >= 0.6 is 15.9 Å². The van der Waals surface area contributed by atoms with Gasteiger partial charge in [0.15, 0.2) is 0 Å². The first-order valence-electron chi connectivity index (χ1n) is 5.87. The number of benzene rings is 1. The number of hydrogen-bond donors (Lipinski definition) is 1. The normalized spacial score (nSPS) is 25.0. The molecule has 1 aromatic carbocycles. The van der Waals surface area contributed by atoms with Crippen molar-refractivity contribution in [3.63, 3.8) is 0 Å². The van der Waals surface area contributed by atoms with E-state index in [9.17, 15) is 0 Å². The molecule has 80 valence electrons. The highest BCUT2D eigenvalue weighted by molar-refractivity contribution is 9.10. The van der Waals surface area contributed by atoms with Gasteiger partial charge in [-0.25, -0.2) is 0 Å². The Morgan fingerprint density at radius 1 is 1.20 bits per heavy atom. The van der Waals surface area contributed by atoms with Crippen molar-refractivity contribution in [3.8, 4) is 0 Å². The van der Waals surface area contributed by atoms with Gasteiger partial charge in [-0.2, -0.15) is 0 Å². The van der Waals surface area contributed by atoms with Crippen molar-refractivity contribution in [2.45, 2.75) is 44.2 Å². The van der Waals surface area contributed by atoms with Crippen molar-refractivity contribution in [1.29, 1.82) is 0 Å². The SMILES string of the molecule is Brc1ccc2c(c1)CCC2NC1CCC1. The van der Waals surface area contributed by atoms with Crippen molar-refractivity contribution in [3.05, 3.63) is 33.8 Å². The first kappa shape index (κ1) is 9.86. The van der Waals surface area contributed by atoms with Crippen molar-refractivity contribution < 1.29 is 0 Å². The fourth-order valence-corrected chi connectivity index (χ4v) is 3.03. The molecule has 0 radical (unpaired) electrons. The fraction of sp³-hybridized carbons (Fsp3) is 0.538. The molecule has 2 aliphatic rings. The minimum Gasteiger partial charge on any atom is -0.307 e. The molecule has 0 heterocycles. The van der Waals surface area contributed by atoms with Crippen LogP contribution in [-0.2, 0) is 6.42 Å². The number of aryl methyl sites for hydroxylation is 1. The molecule has 0 saturated heterocycles. The van der Waals surface area contributed by atoms with Crippen LogP contribution in [0.15, 0.2) is 22.7 Å². The molecule has 1 nitrogen and oxygen atoms in total. The van der Waals surface area contributed by atoms with Gasteiger partial charge in [-0.3, -0.25) is 0 Å². The van der Waals surface area contributed by atoms with Crippen LogP contribution in [0.2, 0.25) is 0 Å². The van der Waals surface area contributed by atoms with Gasteiger partial charge >= 0.3 is 0 Å². The van der Waals surface area contributed by atoms with Crippen LogP contribution in [0.25, 0.3) is 0 Å². The lowest BCUT2D eigenvalue weighted by molar-refractivity contribution is 0.304. The molecule has 1 fully saturated rings. The second-order valence-corrected chi connectivity index (χ2v) is 5.64. The molecule has 0 aliphatic heterocycles. The number of hydrogen-bond acceptors (Lipinski definition) is 1. The number of fused-ring (bicyclic) bond motifs is 1. The summed E-state index contributed by atoms with van der Waals surface area (Å²) in [4.78, 5) is 0. The maximum absolute atomic E-state index is 3.78. The van der Waals surface area contributed by atoms with Crippen LogP contribution < -0.4 is 5.32 Å². The van der Waals surface area contributed by atoms with E-state index in [0.717, 1.165) is 6.04 Å². The molecule has 1 aromatic rings. The van der Waals surface area contributed by atoms with Gasteiger partial charge in [0, 0.05) is 16.6 Å². The predicted octanol–water partition coefficient (Wildman–Crippen LogP) is 3.58. The molecule has 1 N–H and O–H groups in total. The molecule has 2 aliphatic carbocycles. The Morgan fingerprint density at radius 2 is 2.07 bits per heavy atom. The van der Waals surface area contributed by atoms with Crippen molar-refractivity contribution in [2.75, 3.05) is 0 Å². The second-order valence-electron chi connectivity index (χ2n) is 4.73. The van der Waals surface area contributed by atoms with E-state index in [2.05, 4.69) is 39.4 Å². The van der Waals surface area contributed by atoms with Gasteiger partial charge in [0.1, 0.15) is 0 Å². The molecule has 0 aromatic heterocycles. The summed E-state index contributed by atoms with van der Waals surface area (Å²) in [6, 6.07) is 8.14. The third-order valence-corrected chi connectivity index (χ3v) is 4.22. The number of rotatable bonds is 2.